The van der Waals surface area contributed by atoms with Crippen LogP contribution in [0.5, 0.6) is 5.75 Å². The minimum absolute atomic E-state index is 0.0304. The van der Waals surface area contributed by atoms with E-state index in [1.54, 1.807) is 6.07 Å². The monoisotopic (exact) mass is 372 g/mol. The number of carbonyl (C=O) groups is 1. The zero-order valence-electron chi connectivity index (χ0n) is 15.7. The second kappa shape index (κ2) is 7.32. The van der Waals surface area contributed by atoms with Crippen molar-refractivity contribution in [1.29, 1.82) is 0 Å². The first-order valence-corrected chi connectivity index (χ1v) is 9.29. The number of hydrogen-bond donors (Lipinski definition) is 0. The second-order valence-electron chi connectivity index (χ2n) is 6.99. The molecule has 0 radical (unpaired) electrons. The highest BCUT2D eigenvalue weighted by Gasteiger charge is 2.41. The molecule has 2 aliphatic heterocycles. The molecule has 0 atom stereocenters. The van der Waals surface area contributed by atoms with Gasteiger partial charge in [0, 0.05) is 25.9 Å². The Morgan fingerprint density at radius 3 is 2.56 bits per heavy atom. The van der Waals surface area contributed by atoms with E-state index >= 15 is 0 Å². The third-order valence-electron chi connectivity index (χ3n) is 5.30. The number of aryl methyl sites for hydroxylation is 2. The lowest BCUT2D eigenvalue weighted by Gasteiger charge is -2.37. The van der Waals surface area contributed by atoms with Gasteiger partial charge >= 0.3 is 0 Å². The number of rotatable bonds is 4. The van der Waals surface area contributed by atoms with Crippen LogP contribution in [-0.2, 0) is 16.1 Å². The summed E-state index contributed by atoms with van der Waals surface area (Å²) < 4.78 is 22.6. The van der Waals surface area contributed by atoms with Crippen LogP contribution in [0.4, 0.5) is 0 Å². The minimum Gasteiger partial charge on any atom is -0.488 e. The van der Waals surface area contributed by atoms with Gasteiger partial charge in [-0.3, -0.25) is 4.79 Å². The maximum atomic E-state index is 13.1. The Kier molecular flexibility index (Phi) is 4.88. The van der Waals surface area contributed by atoms with Crippen LogP contribution < -0.4 is 4.74 Å². The van der Waals surface area contributed by atoms with E-state index in [0.29, 0.717) is 57.1 Å². The molecule has 1 amide bonds. The second-order valence-corrected chi connectivity index (χ2v) is 6.99. The molecule has 3 heterocycles. The first-order valence-electron chi connectivity index (χ1n) is 9.29. The maximum absolute atomic E-state index is 13.1. The normalized spacial score (nSPS) is 18.8. The fourth-order valence-corrected chi connectivity index (χ4v) is 3.63. The van der Waals surface area contributed by atoms with Crippen LogP contribution in [0.3, 0.4) is 0 Å². The van der Waals surface area contributed by atoms with Gasteiger partial charge in [-0.15, -0.1) is 0 Å². The van der Waals surface area contributed by atoms with Crippen LogP contribution in [0, 0.1) is 13.8 Å². The summed E-state index contributed by atoms with van der Waals surface area (Å²) in [4.78, 5) is 14.9. The molecule has 2 aliphatic rings. The third kappa shape index (κ3) is 3.57. The van der Waals surface area contributed by atoms with Crippen molar-refractivity contribution < 1.29 is 23.5 Å². The lowest BCUT2D eigenvalue weighted by Crippen LogP contribution is -2.47. The Morgan fingerprint density at radius 2 is 1.89 bits per heavy atom. The van der Waals surface area contributed by atoms with Crippen molar-refractivity contribution in [2.24, 2.45) is 0 Å². The van der Waals surface area contributed by atoms with E-state index in [1.165, 1.54) is 0 Å². The van der Waals surface area contributed by atoms with E-state index in [1.807, 2.05) is 36.9 Å². The number of likely N-dealkylation sites (tertiary alicyclic amines) is 1. The molecule has 0 unspecified atom stereocenters. The molecule has 27 heavy (non-hydrogen) atoms. The Balaban J connectivity index is 1.45. The summed E-state index contributed by atoms with van der Waals surface area (Å²) in [6.07, 6.45) is 1.39. The number of benzene rings is 1. The van der Waals surface area contributed by atoms with Crippen molar-refractivity contribution in [2.75, 3.05) is 26.3 Å². The summed E-state index contributed by atoms with van der Waals surface area (Å²) >= 11 is 0. The van der Waals surface area contributed by atoms with Gasteiger partial charge in [0.1, 0.15) is 18.1 Å². The Morgan fingerprint density at radius 1 is 1.19 bits per heavy atom. The topological polar surface area (TPSA) is 74.0 Å². The number of amides is 1. The van der Waals surface area contributed by atoms with Crippen molar-refractivity contribution in [3.05, 3.63) is 46.8 Å². The van der Waals surface area contributed by atoms with E-state index in [0.717, 1.165) is 17.0 Å². The number of nitrogens with zero attached hydrogens (tertiary/aromatic N) is 2. The summed E-state index contributed by atoms with van der Waals surface area (Å²) in [6.45, 7) is 6.53. The van der Waals surface area contributed by atoms with E-state index in [2.05, 4.69) is 5.16 Å². The quantitative estimate of drug-likeness (QED) is 0.822. The van der Waals surface area contributed by atoms with Crippen molar-refractivity contribution in [2.45, 2.75) is 39.1 Å². The Bertz CT molecular complexity index is 796. The molecule has 0 bridgehead atoms. The molecule has 4 rings (SSSR count). The van der Waals surface area contributed by atoms with Crippen LogP contribution in [0.25, 0.3) is 0 Å². The van der Waals surface area contributed by atoms with E-state index < -0.39 is 5.79 Å². The SMILES string of the molecule is Cc1noc(C)c1COc1ccccc1C(=O)N1CCC2(CC1)OCCO2. The number of carbonyl (C=O) groups excluding carboxylic acids is 1. The van der Waals surface area contributed by atoms with Gasteiger partial charge in [-0.05, 0) is 26.0 Å². The largest absolute Gasteiger partial charge is 0.488 e. The molecular formula is C20H24N2O5. The molecule has 144 valence electrons. The van der Waals surface area contributed by atoms with Gasteiger partial charge in [0.05, 0.1) is 30.0 Å². The summed E-state index contributed by atoms with van der Waals surface area (Å²) in [7, 11) is 0. The van der Waals surface area contributed by atoms with Crippen LogP contribution >= 0.6 is 0 Å². The van der Waals surface area contributed by atoms with Crippen molar-refractivity contribution in [1.82, 2.24) is 10.1 Å². The first-order chi connectivity index (χ1) is 13.1. The highest BCUT2D eigenvalue weighted by Crippen LogP contribution is 2.32. The summed E-state index contributed by atoms with van der Waals surface area (Å²) in [6, 6.07) is 7.34. The third-order valence-corrected chi connectivity index (χ3v) is 5.30. The van der Waals surface area contributed by atoms with Crippen LogP contribution in [0.15, 0.2) is 28.8 Å². The van der Waals surface area contributed by atoms with E-state index in [-0.39, 0.29) is 5.91 Å². The Hall–Kier alpha value is -2.38. The van der Waals surface area contributed by atoms with Crippen molar-refractivity contribution in [3.8, 4) is 5.75 Å². The lowest BCUT2D eigenvalue weighted by molar-refractivity contribution is -0.181. The summed E-state index contributed by atoms with van der Waals surface area (Å²) in [5, 5.41) is 3.94. The highest BCUT2D eigenvalue weighted by molar-refractivity contribution is 5.97. The van der Waals surface area contributed by atoms with Gasteiger partial charge in [-0.2, -0.15) is 0 Å². The number of ether oxygens (including phenoxy) is 3. The van der Waals surface area contributed by atoms with Gasteiger partial charge in [0.2, 0.25) is 0 Å². The predicted molar refractivity (Wildman–Crippen MR) is 96.5 cm³/mol. The molecule has 0 saturated carbocycles. The molecule has 0 N–H and O–H groups in total. The van der Waals surface area contributed by atoms with Gasteiger partial charge in [0.15, 0.2) is 5.79 Å². The molecule has 1 aromatic heterocycles. The fourth-order valence-electron chi connectivity index (χ4n) is 3.63. The Labute approximate surface area is 158 Å². The average Bonchev–Trinajstić information content (AvgIpc) is 3.27. The zero-order valence-corrected chi connectivity index (χ0v) is 15.7. The molecule has 2 aromatic rings. The maximum Gasteiger partial charge on any atom is 0.257 e. The summed E-state index contributed by atoms with van der Waals surface area (Å²) in [5.74, 6) is 0.776. The summed E-state index contributed by atoms with van der Waals surface area (Å²) in [5.41, 5.74) is 2.27. The van der Waals surface area contributed by atoms with Crippen LogP contribution in [0.2, 0.25) is 0 Å². The number of aromatic nitrogens is 1. The standard InChI is InChI=1S/C20H24N2O5/c1-14-17(15(2)27-21-14)13-24-18-6-4-3-5-16(18)19(23)22-9-7-20(8-10-22)25-11-12-26-20/h3-6H,7-13H2,1-2H3. The highest BCUT2D eigenvalue weighted by atomic mass is 16.7. The van der Waals surface area contributed by atoms with Crippen LogP contribution in [-0.4, -0.2) is 48.1 Å². The molecule has 1 aromatic carbocycles. The average molecular weight is 372 g/mol. The zero-order chi connectivity index (χ0) is 18.9. The molecule has 7 nitrogen and oxygen atoms in total. The number of para-hydroxylation sites is 1. The predicted octanol–water partition coefficient (Wildman–Crippen LogP) is 2.85. The molecular weight excluding hydrogens is 348 g/mol. The molecule has 7 heteroatoms. The van der Waals surface area contributed by atoms with Gasteiger partial charge in [0.25, 0.3) is 5.91 Å². The van der Waals surface area contributed by atoms with E-state index in [4.69, 9.17) is 18.7 Å². The van der Waals surface area contributed by atoms with Crippen LogP contribution in [0.1, 0.15) is 40.2 Å². The smallest absolute Gasteiger partial charge is 0.257 e. The number of hydrogen-bond acceptors (Lipinski definition) is 6. The van der Waals surface area contributed by atoms with Gasteiger partial charge in [-0.1, -0.05) is 17.3 Å². The minimum atomic E-state index is -0.490. The van der Waals surface area contributed by atoms with Gasteiger partial charge in [-0.25, -0.2) is 0 Å². The van der Waals surface area contributed by atoms with E-state index in [9.17, 15) is 4.79 Å². The molecule has 2 fully saturated rings. The lowest BCUT2D eigenvalue weighted by atomic mass is 10.0. The molecule has 0 aliphatic carbocycles. The fraction of sp³-hybridized carbons (Fsp3) is 0.500. The van der Waals surface area contributed by atoms with Crippen molar-refractivity contribution in [3.63, 3.8) is 0 Å². The molecule has 2 saturated heterocycles. The number of piperidine rings is 1. The first kappa shape index (κ1) is 18.0. The molecule has 1 spiro atoms. The van der Waals surface area contributed by atoms with Gasteiger partial charge < -0.3 is 23.6 Å². The van der Waals surface area contributed by atoms with Crippen molar-refractivity contribution >= 4 is 5.91 Å².